The zero-order valence-corrected chi connectivity index (χ0v) is 51.7. The van der Waals surface area contributed by atoms with Crippen molar-refractivity contribution in [3.05, 3.63) is 48.6 Å². The first-order valence-corrected chi connectivity index (χ1v) is 34.1. The molecule has 0 heterocycles. The van der Waals surface area contributed by atoms with Crippen molar-refractivity contribution >= 4 is 17.9 Å². The topological polar surface area (TPSA) is 78.9 Å². The van der Waals surface area contributed by atoms with E-state index in [-0.39, 0.29) is 31.1 Å². The van der Waals surface area contributed by atoms with Crippen molar-refractivity contribution in [1.29, 1.82) is 0 Å². The number of hydrogen-bond acceptors (Lipinski definition) is 6. The summed E-state index contributed by atoms with van der Waals surface area (Å²) >= 11 is 0. The van der Waals surface area contributed by atoms with Crippen LogP contribution in [0.15, 0.2) is 48.6 Å². The second-order valence-electron chi connectivity index (χ2n) is 23.1. The molecule has 0 aromatic rings. The largest absolute Gasteiger partial charge is 0.462 e. The van der Waals surface area contributed by atoms with E-state index in [4.69, 9.17) is 14.2 Å². The molecule has 0 aliphatic rings. The minimum absolute atomic E-state index is 0.0762. The number of hydrogen-bond donors (Lipinski definition) is 0. The first-order chi connectivity index (χ1) is 38.0. The van der Waals surface area contributed by atoms with Gasteiger partial charge in [-0.15, -0.1) is 0 Å². The average molecular weight is 1080 g/mol. The SMILES string of the molecule is CCCCC/C=C\C/C=C\CCCCCCCC(=O)OCC(COC(=O)CCCCCCCCCCCCC/C=C\CCCCCCCCCC)OC(=O)CCCCCCCCCCC/C=C\CCCCCCCCCC. The molecule has 0 rings (SSSR count). The first kappa shape index (κ1) is 74.4. The van der Waals surface area contributed by atoms with Crippen molar-refractivity contribution in [3.63, 3.8) is 0 Å². The summed E-state index contributed by atoms with van der Waals surface area (Å²) in [5.74, 6) is -0.871. The van der Waals surface area contributed by atoms with Gasteiger partial charge in [-0.2, -0.15) is 0 Å². The normalized spacial score (nSPS) is 12.3. The minimum atomic E-state index is -0.781. The van der Waals surface area contributed by atoms with Crippen LogP contribution in [0.2, 0.25) is 0 Å². The molecule has 0 saturated heterocycles. The molecule has 0 fully saturated rings. The molecule has 0 N–H and O–H groups in total. The maximum absolute atomic E-state index is 12.9. The summed E-state index contributed by atoms with van der Waals surface area (Å²) in [6.45, 7) is 6.66. The van der Waals surface area contributed by atoms with Crippen LogP contribution in [0, 0.1) is 0 Å². The van der Waals surface area contributed by atoms with Gasteiger partial charge in [-0.3, -0.25) is 14.4 Å². The molecule has 0 bridgehead atoms. The Morgan fingerprint density at radius 2 is 0.468 bits per heavy atom. The van der Waals surface area contributed by atoms with Gasteiger partial charge in [0.25, 0.3) is 0 Å². The van der Waals surface area contributed by atoms with Crippen LogP contribution >= 0.6 is 0 Å². The predicted molar refractivity (Wildman–Crippen MR) is 335 cm³/mol. The lowest BCUT2D eigenvalue weighted by Crippen LogP contribution is -2.30. The monoisotopic (exact) mass is 1080 g/mol. The molecule has 0 aliphatic heterocycles. The molecule has 0 aromatic carbocycles. The summed E-state index contributed by atoms with van der Waals surface area (Å²) in [7, 11) is 0. The quantitative estimate of drug-likeness (QED) is 0.0261. The highest BCUT2D eigenvalue weighted by molar-refractivity contribution is 5.71. The van der Waals surface area contributed by atoms with E-state index in [2.05, 4.69) is 69.4 Å². The Balaban J connectivity index is 4.32. The van der Waals surface area contributed by atoms with Gasteiger partial charge in [-0.05, 0) is 103 Å². The van der Waals surface area contributed by atoms with E-state index in [1.165, 1.54) is 250 Å². The van der Waals surface area contributed by atoms with Crippen molar-refractivity contribution in [2.75, 3.05) is 13.2 Å². The lowest BCUT2D eigenvalue weighted by atomic mass is 10.0. The van der Waals surface area contributed by atoms with Gasteiger partial charge in [-0.25, -0.2) is 0 Å². The molecule has 77 heavy (non-hydrogen) atoms. The van der Waals surface area contributed by atoms with Gasteiger partial charge in [0.2, 0.25) is 0 Å². The third-order valence-corrected chi connectivity index (χ3v) is 15.3. The minimum Gasteiger partial charge on any atom is -0.462 e. The standard InChI is InChI=1S/C71H130O6/c1-4-7-10-13-16-19-22-25-28-30-32-34-35-37-38-40-43-46-49-52-55-58-61-64-70(73)76-67-68(66-75-69(72)63-60-57-54-51-48-45-42-27-24-21-18-15-12-9-6-3)77-71(74)65-62-59-56-53-50-47-44-41-39-36-33-31-29-26-23-20-17-14-11-8-5-2/h18,21,27,30-33,42,68H,4-17,19-20,22-26,28-29,34-41,43-67H2,1-3H3/b21-18-,32-30-,33-31-,42-27-. The van der Waals surface area contributed by atoms with E-state index in [1.807, 2.05) is 0 Å². The Kier molecular flexibility index (Phi) is 63.6. The Bertz CT molecular complexity index is 1330. The van der Waals surface area contributed by atoms with Crippen molar-refractivity contribution in [2.45, 2.75) is 374 Å². The zero-order valence-electron chi connectivity index (χ0n) is 51.7. The highest BCUT2D eigenvalue weighted by Crippen LogP contribution is 2.17. The fraction of sp³-hybridized carbons (Fsp3) is 0.845. The van der Waals surface area contributed by atoms with E-state index >= 15 is 0 Å². The van der Waals surface area contributed by atoms with E-state index in [0.717, 1.165) is 77.0 Å². The molecule has 1 atom stereocenters. The van der Waals surface area contributed by atoms with E-state index < -0.39 is 6.10 Å². The second-order valence-corrected chi connectivity index (χ2v) is 23.1. The first-order valence-electron chi connectivity index (χ1n) is 34.1. The summed E-state index contributed by atoms with van der Waals surface area (Å²) in [6, 6.07) is 0. The fourth-order valence-corrected chi connectivity index (χ4v) is 10.1. The molecule has 0 aliphatic carbocycles. The number of unbranched alkanes of at least 4 members (excludes halogenated alkanes) is 44. The number of carbonyl (C=O) groups excluding carboxylic acids is 3. The van der Waals surface area contributed by atoms with Gasteiger partial charge in [0.05, 0.1) is 0 Å². The average Bonchev–Trinajstić information content (AvgIpc) is 3.43. The molecular formula is C71H130O6. The van der Waals surface area contributed by atoms with Crippen molar-refractivity contribution in [3.8, 4) is 0 Å². The molecule has 450 valence electrons. The maximum Gasteiger partial charge on any atom is 0.306 e. The molecule has 6 nitrogen and oxygen atoms in total. The van der Waals surface area contributed by atoms with E-state index in [9.17, 15) is 14.4 Å². The van der Waals surface area contributed by atoms with Crippen molar-refractivity contribution in [2.24, 2.45) is 0 Å². The Labute approximate surface area is 479 Å². The number of esters is 3. The van der Waals surface area contributed by atoms with E-state index in [1.54, 1.807) is 0 Å². The van der Waals surface area contributed by atoms with Crippen LogP contribution in [0.1, 0.15) is 367 Å². The summed E-state index contributed by atoms with van der Waals surface area (Å²) in [6.07, 6.45) is 82.7. The molecule has 0 amide bonds. The number of rotatable bonds is 63. The number of ether oxygens (including phenoxy) is 3. The van der Waals surface area contributed by atoms with Gasteiger partial charge in [0.1, 0.15) is 13.2 Å². The molecule has 0 spiro atoms. The molecular weight excluding hydrogens is 949 g/mol. The predicted octanol–water partition coefficient (Wildman–Crippen LogP) is 23.3. The summed E-state index contributed by atoms with van der Waals surface area (Å²) in [5.41, 5.74) is 0. The third kappa shape index (κ3) is 64.1. The van der Waals surface area contributed by atoms with Crippen LogP contribution in [0.3, 0.4) is 0 Å². The number of allylic oxidation sites excluding steroid dienone is 8. The molecule has 0 saturated carbocycles. The van der Waals surface area contributed by atoms with Crippen molar-refractivity contribution < 1.29 is 28.6 Å². The van der Waals surface area contributed by atoms with Gasteiger partial charge in [0.15, 0.2) is 6.10 Å². The van der Waals surface area contributed by atoms with Crippen LogP contribution in [-0.2, 0) is 28.6 Å². The fourth-order valence-electron chi connectivity index (χ4n) is 10.1. The van der Waals surface area contributed by atoms with Gasteiger partial charge < -0.3 is 14.2 Å². The summed E-state index contributed by atoms with van der Waals surface area (Å²) in [5, 5.41) is 0. The van der Waals surface area contributed by atoms with E-state index in [0.29, 0.717) is 19.3 Å². The Morgan fingerprint density at radius 3 is 0.753 bits per heavy atom. The van der Waals surface area contributed by atoms with Crippen LogP contribution < -0.4 is 0 Å². The maximum atomic E-state index is 12.9. The summed E-state index contributed by atoms with van der Waals surface area (Å²) < 4.78 is 17.0. The lowest BCUT2D eigenvalue weighted by Gasteiger charge is -2.18. The smallest absolute Gasteiger partial charge is 0.306 e. The van der Waals surface area contributed by atoms with Gasteiger partial charge in [0, 0.05) is 19.3 Å². The molecule has 1 unspecified atom stereocenters. The Morgan fingerprint density at radius 1 is 0.260 bits per heavy atom. The lowest BCUT2D eigenvalue weighted by molar-refractivity contribution is -0.167. The summed E-state index contributed by atoms with van der Waals surface area (Å²) in [4.78, 5) is 38.4. The zero-order chi connectivity index (χ0) is 55.7. The highest BCUT2D eigenvalue weighted by atomic mass is 16.6. The Hall–Kier alpha value is -2.63. The van der Waals surface area contributed by atoms with Crippen LogP contribution in [0.25, 0.3) is 0 Å². The van der Waals surface area contributed by atoms with Crippen LogP contribution in [0.5, 0.6) is 0 Å². The highest BCUT2D eigenvalue weighted by Gasteiger charge is 2.19. The third-order valence-electron chi connectivity index (χ3n) is 15.3. The van der Waals surface area contributed by atoms with Crippen LogP contribution in [0.4, 0.5) is 0 Å². The van der Waals surface area contributed by atoms with Gasteiger partial charge >= 0.3 is 17.9 Å². The number of carbonyl (C=O) groups is 3. The molecule has 0 aromatic heterocycles. The van der Waals surface area contributed by atoms with Gasteiger partial charge in [-0.1, -0.05) is 294 Å². The van der Waals surface area contributed by atoms with Crippen molar-refractivity contribution in [1.82, 2.24) is 0 Å². The molecule has 6 heteroatoms. The molecule has 0 radical (unpaired) electrons. The second kappa shape index (κ2) is 65.9. The van der Waals surface area contributed by atoms with Crippen LogP contribution in [-0.4, -0.2) is 37.2 Å².